The number of aryl methyl sites for hydroxylation is 2. The van der Waals surface area contributed by atoms with Crippen molar-refractivity contribution in [1.29, 1.82) is 0 Å². The van der Waals surface area contributed by atoms with E-state index in [4.69, 9.17) is 0 Å². The van der Waals surface area contributed by atoms with Gasteiger partial charge in [0.15, 0.2) is 0 Å². The summed E-state index contributed by atoms with van der Waals surface area (Å²) < 4.78 is 0. The minimum atomic E-state index is 0.541. The van der Waals surface area contributed by atoms with Crippen LogP contribution >= 0.6 is 0 Å². The quantitative estimate of drug-likeness (QED) is 0.177. The average molecular weight is 537 g/mol. The van der Waals surface area contributed by atoms with E-state index in [0.717, 1.165) is 92.9 Å². The molecule has 0 radical (unpaired) electrons. The SMILES string of the molecule is CCCCc1cc(Cc2cc(CCCC)c(O)c(CC(CC)CCCC)c2)cc(CC(CC)CCCC)c1O. The van der Waals surface area contributed by atoms with Crippen LogP contribution in [0.1, 0.15) is 152 Å². The highest BCUT2D eigenvalue weighted by atomic mass is 16.3. The molecule has 0 spiro atoms. The third kappa shape index (κ3) is 10.8. The molecule has 2 nitrogen and oxygen atoms in total. The number of hydrogen-bond donors (Lipinski definition) is 2. The summed E-state index contributed by atoms with van der Waals surface area (Å²) in [5.74, 6) is 2.33. The van der Waals surface area contributed by atoms with Crippen molar-refractivity contribution >= 4 is 0 Å². The largest absolute Gasteiger partial charge is 0.507 e. The Labute approximate surface area is 241 Å². The van der Waals surface area contributed by atoms with Gasteiger partial charge in [0, 0.05) is 0 Å². The molecule has 0 aliphatic carbocycles. The number of hydrogen-bond acceptors (Lipinski definition) is 2. The third-order valence-electron chi connectivity index (χ3n) is 8.77. The van der Waals surface area contributed by atoms with E-state index >= 15 is 0 Å². The molecular formula is C37H60O2. The number of rotatable bonds is 20. The summed E-state index contributed by atoms with van der Waals surface area (Å²) in [7, 11) is 0. The molecule has 2 aromatic carbocycles. The van der Waals surface area contributed by atoms with Crippen LogP contribution in [0, 0.1) is 11.8 Å². The molecule has 2 atom stereocenters. The first-order valence-electron chi connectivity index (χ1n) is 16.6. The van der Waals surface area contributed by atoms with Crippen LogP contribution in [0.3, 0.4) is 0 Å². The van der Waals surface area contributed by atoms with Crippen LogP contribution in [0.25, 0.3) is 0 Å². The summed E-state index contributed by atoms with van der Waals surface area (Å²) in [6.07, 6.45) is 18.9. The van der Waals surface area contributed by atoms with E-state index in [1.54, 1.807) is 0 Å². The van der Waals surface area contributed by atoms with E-state index in [9.17, 15) is 10.2 Å². The highest BCUT2D eigenvalue weighted by Gasteiger charge is 2.18. The van der Waals surface area contributed by atoms with Crippen molar-refractivity contribution < 1.29 is 10.2 Å². The van der Waals surface area contributed by atoms with Crippen molar-refractivity contribution in [3.05, 3.63) is 57.6 Å². The van der Waals surface area contributed by atoms with Gasteiger partial charge in [-0.15, -0.1) is 0 Å². The minimum Gasteiger partial charge on any atom is -0.507 e. The normalized spacial score (nSPS) is 13.1. The number of aromatic hydroxyl groups is 2. The van der Waals surface area contributed by atoms with Crippen LogP contribution in [0.2, 0.25) is 0 Å². The smallest absolute Gasteiger partial charge is 0.121 e. The second-order valence-corrected chi connectivity index (χ2v) is 12.2. The molecule has 2 heteroatoms. The monoisotopic (exact) mass is 536 g/mol. The summed E-state index contributed by atoms with van der Waals surface area (Å²) >= 11 is 0. The Morgan fingerprint density at radius 3 is 1.21 bits per heavy atom. The van der Waals surface area contributed by atoms with Crippen molar-refractivity contribution in [2.45, 2.75) is 151 Å². The van der Waals surface area contributed by atoms with E-state index in [-0.39, 0.29) is 0 Å². The molecule has 0 amide bonds. The molecule has 0 bridgehead atoms. The molecule has 220 valence electrons. The molecule has 0 saturated heterocycles. The van der Waals surface area contributed by atoms with Crippen LogP contribution < -0.4 is 0 Å². The molecule has 0 fully saturated rings. The average Bonchev–Trinajstić information content (AvgIpc) is 2.94. The van der Waals surface area contributed by atoms with E-state index in [0.29, 0.717) is 23.3 Å². The lowest BCUT2D eigenvalue weighted by atomic mass is 9.86. The van der Waals surface area contributed by atoms with Gasteiger partial charge in [-0.05, 0) is 90.2 Å². The Kier molecular flexibility index (Phi) is 15.7. The highest BCUT2D eigenvalue weighted by Crippen LogP contribution is 2.34. The maximum absolute atomic E-state index is 11.3. The van der Waals surface area contributed by atoms with Crippen LogP contribution in [-0.2, 0) is 32.1 Å². The first-order chi connectivity index (χ1) is 18.9. The van der Waals surface area contributed by atoms with E-state index in [2.05, 4.69) is 65.8 Å². The van der Waals surface area contributed by atoms with Gasteiger partial charge in [-0.25, -0.2) is 0 Å². The molecule has 2 unspecified atom stereocenters. The van der Waals surface area contributed by atoms with Crippen LogP contribution in [0.5, 0.6) is 11.5 Å². The fraction of sp³-hybridized carbons (Fsp3) is 0.676. The molecule has 39 heavy (non-hydrogen) atoms. The standard InChI is InChI=1S/C37H60O2/c1-7-13-17-28(11-5)22-34-26-30(24-32(36(34)38)19-15-9-3)21-31-25-33(20-16-10-4)37(39)35(27-31)23-29(12-6)18-14-8-2/h24-29,38-39H,7-23H2,1-6H3. The number of unbranched alkanes of at least 4 members (excludes halogenated alkanes) is 4. The fourth-order valence-corrected chi connectivity index (χ4v) is 6.04. The fourth-order valence-electron chi connectivity index (χ4n) is 6.04. The molecule has 0 heterocycles. The molecule has 2 aromatic rings. The summed E-state index contributed by atoms with van der Waals surface area (Å²) in [4.78, 5) is 0. The zero-order valence-corrected chi connectivity index (χ0v) is 26.4. The van der Waals surface area contributed by atoms with Crippen molar-refractivity contribution in [2.24, 2.45) is 11.8 Å². The molecular weight excluding hydrogens is 476 g/mol. The summed E-state index contributed by atoms with van der Waals surface area (Å²) in [5, 5.41) is 22.5. The summed E-state index contributed by atoms with van der Waals surface area (Å²) in [6.45, 7) is 13.6. The maximum atomic E-state index is 11.3. The first-order valence-corrected chi connectivity index (χ1v) is 16.6. The Morgan fingerprint density at radius 1 is 0.513 bits per heavy atom. The zero-order chi connectivity index (χ0) is 28.6. The second-order valence-electron chi connectivity index (χ2n) is 12.2. The number of benzene rings is 2. The molecule has 0 saturated carbocycles. The van der Waals surface area contributed by atoms with Crippen LogP contribution in [-0.4, -0.2) is 10.2 Å². The van der Waals surface area contributed by atoms with Crippen molar-refractivity contribution in [1.82, 2.24) is 0 Å². The molecule has 0 aliphatic rings. The van der Waals surface area contributed by atoms with E-state index in [1.165, 1.54) is 49.7 Å². The predicted molar refractivity (Wildman–Crippen MR) is 170 cm³/mol. The van der Waals surface area contributed by atoms with Gasteiger partial charge in [0.25, 0.3) is 0 Å². The number of phenolic OH excluding ortho intramolecular Hbond substituents is 2. The molecule has 0 aliphatic heterocycles. The maximum Gasteiger partial charge on any atom is 0.121 e. The van der Waals surface area contributed by atoms with Crippen LogP contribution in [0.4, 0.5) is 0 Å². The van der Waals surface area contributed by atoms with Gasteiger partial charge in [-0.1, -0.05) is 130 Å². The second kappa shape index (κ2) is 18.4. The zero-order valence-electron chi connectivity index (χ0n) is 26.4. The van der Waals surface area contributed by atoms with Crippen molar-refractivity contribution in [3.63, 3.8) is 0 Å². The van der Waals surface area contributed by atoms with Gasteiger partial charge in [-0.2, -0.15) is 0 Å². The topological polar surface area (TPSA) is 40.5 Å². The lowest BCUT2D eigenvalue weighted by Crippen LogP contribution is -2.07. The van der Waals surface area contributed by atoms with E-state index < -0.39 is 0 Å². The third-order valence-corrected chi connectivity index (χ3v) is 8.77. The minimum absolute atomic E-state index is 0.541. The Hall–Kier alpha value is -1.96. The predicted octanol–water partition coefficient (Wildman–Crippen LogP) is 10.9. The molecule has 2 rings (SSSR count). The van der Waals surface area contributed by atoms with Gasteiger partial charge in [0.2, 0.25) is 0 Å². The lowest BCUT2D eigenvalue weighted by Gasteiger charge is -2.20. The van der Waals surface area contributed by atoms with Gasteiger partial charge in [-0.3, -0.25) is 0 Å². The van der Waals surface area contributed by atoms with Crippen molar-refractivity contribution in [3.8, 4) is 11.5 Å². The van der Waals surface area contributed by atoms with Gasteiger partial charge in [0.05, 0.1) is 0 Å². The van der Waals surface area contributed by atoms with Crippen LogP contribution in [0.15, 0.2) is 24.3 Å². The number of phenols is 2. The first kappa shape index (κ1) is 33.2. The van der Waals surface area contributed by atoms with Crippen molar-refractivity contribution in [2.75, 3.05) is 0 Å². The highest BCUT2D eigenvalue weighted by molar-refractivity contribution is 5.48. The Morgan fingerprint density at radius 2 is 0.872 bits per heavy atom. The van der Waals surface area contributed by atoms with Gasteiger partial charge < -0.3 is 10.2 Å². The van der Waals surface area contributed by atoms with Gasteiger partial charge >= 0.3 is 0 Å². The Bertz CT molecular complexity index is 883. The summed E-state index contributed by atoms with van der Waals surface area (Å²) in [5.41, 5.74) is 7.11. The Balaban J connectivity index is 2.45. The molecule has 0 aromatic heterocycles. The van der Waals surface area contributed by atoms with E-state index in [1.807, 2.05) is 0 Å². The lowest BCUT2D eigenvalue weighted by molar-refractivity contribution is 0.422. The molecule has 2 N–H and O–H groups in total. The van der Waals surface area contributed by atoms with Gasteiger partial charge in [0.1, 0.15) is 11.5 Å². The summed E-state index contributed by atoms with van der Waals surface area (Å²) in [6, 6.07) is 9.09.